The first-order valence-electron chi connectivity index (χ1n) is 6.58. The second kappa shape index (κ2) is 6.07. The molecule has 2 amide bonds. The van der Waals surface area contributed by atoms with Crippen LogP contribution in [0, 0.1) is 11.3 Å². The van der Waals surface area contributed by atoms with Gasteiger partial charge in [0.15, 0.2) is 0 Å². The van der Waals surface area contributed by atoms with Gasteiger partial charge in [-0.25, -0.2) is 9.59 Å². The Balaban J connectivity index is 2.39. The highest BCUT2D eigenvalue weighted by Gasteiger charge is 2.32. The molecule has 1 aliphatic carbocycles. The number of carboxylic acid groups (broad SMARTS) is 1. The molecule has 0 aliphatic heterocycles. The van der Waals surface area contributed by atoms with Gasteiger partial charge in [0.25, 0.3) is 0 Å². The van der Waals surface area contributed by atoms with E-state index in [2.05, 4.69) is 10.6 Å². The smallest absolute Gasteiger partial charge is 0.326 e. The lowest BCUT2D eigenvalue weighted by molar-refractivity contribution is -0.141. The quantitative estimate of drug-likeness (QED) is 0.719. The van der Waals surface area contributed by atoms with E-state index >= 15 is 0 Å². The number of hydrogen-bond donors (Lipinski definition) is 3. The lowest BCUT2D eigenvalue weighted by atomic mass is 9.87. The third-order valence-corrected chi connectivity index (χ3v) is 3.41. The third kappa shape index (κ3) is 4.55. The van der Waals surface area contributed by atoms with Gasteiger partial charge in [-0.2, -0.15) is 0 Å². The number of aliphatic carboxylic acids is 1. The summed E-state index contributed by atoms with van der Waals surface area (Å²) >= 11 is 0. The second-order valence-corrected chi connectivity index (χ2v) is 6.14. The first kappa shape index (κ1) is 14.8. The summed E-state index contributed by atoms with van der Waals surface area (Å²) in [5, 5.41) is 14.4. The molecular formula is C13H24N2O3. The van der Waals surface area contributed by atoms with Crippen molar-refractivity contribution in [3.63, 3.8) is 0 Å². The van der Waals surface area contributed by atoms with Crippen molar-refractivity contribution >= 4 is 12.0 Å². The molecule has 1 saturated carbocycles. The van der Waals surface area contributed by atoms with Crippen LogP contribution in [0.3, 0.4) is 0 Å². The van der Waals surface area contributed by atoms with Crippen molar-refractivity contribution in [3.05, 3.63) is 0 Å². The highest BCUT2D eigenvalue weighted by Crippen LogP contribution is 2.23. The summed E-state index contributed by atoms with van der Waals surface area (Å²) in [6.07, 6.45) is 4.77. The summed E-state index contributed by atoms with van der Waals surface area (Å²) in [7, 11) is 0. The average molecular weight is 256 g/mol. The number of carboxylic acids is 1. The second-order valence-electron chi connectivity index (χ2n) is 6.14. The lowest BCUT2D eigenvalue weighted by Crippen LogP contribution is -2.52. The molecule has 104 valence electrons. The zero-order valence-corrected chi connectivity index (χ0v) is 11.5. The van der Waals surface area contributed by atoms with Crippen molar-refractivity contribution < 1.29 is 14.7 Å². The van der Waals surface area contributed by atoms with Crippen molar-refractivity contribution in [3.8, 4) is 0 Å². The van der Waals surface area contributed by atoms with Gasteiger partial charge in [-0.3, -0.25) is 0 Å². The molecule has 0 aromatic carbocycles. The summed E-state index contributed by atoms with van der Waals surface area (Å²) in [5.41, 5.74) is -0.503. The van der Waals surface area contributed by atoms with Gasteiger partial charge in [0.2, 0.25) is 0 Å². The largest absolute Gasteiger partial charge is 0.480 e. The molecule has 3 N–H and O–H groups in total. The Hall–Kier alpha value is -1.26. The van der Waals surface area contributed by atoms with Gasteiger partial charge in [0.1, 0.15) is 6.04 Å². The third-order valence-electron chi connectivity index (χ3n) is 3.41. The Morgan fingerprint density at radius 3 is 2.28 bits per heavy atom. The number of nitrogens with one attached hydrogen (secondary N) is 2. The summed E-state index contributed by atoms with van der Waals surface area (Å²) in [5.74, 6) is -0.452. The van der Waals surface area contributed by atoms with Crippen molar-refractivity contribution in [1.29, 1.82) is 0 Å². The summed E-state index contributed by atoms with van der Waals surface area (Å²) < 4.78 is 0. The molecule has 5 nitrogen and oxygen atoms in total. The van der Waals surface area contributed by atoms with Crippen LogP contribution in [0.2, 0.25) is 0 Å². The van der Waals surface area contributed by atoms with Gasteiger partial charge in [0, 0.05) is 6.54 Å². The predicted molar refractivity (Wildman–Crippen MR) is 69.4 cm³/mol. The predicted octanol–water partition coefficient (Wildman–Crippen LogP) is 1.98. The van der Waals surface area contributed by atoms with E-state index in [1.165, 1.54) is 12.8 Å². The maximum Gasteiger partial charge on any atom is 0.326 e. The molecule has 0 aromatic heterocycles. The highest BCUT2D eigenvalue weighted by atomic mass is 16.4. The minimum atomic E-state index is -1.00. The Morgan fingerprint density at radius 2 is 1.83 bits per heavy atom. The standard InChI is InChI=1S/C13H24N2O3/c1-13(2,3)10(11(16)17)15-12(18)14-8-9-6-4-5-7-9/h9-10H,4-8H2,1-3H3,(H,16,17)(H2,14,15,18)/t10-/m0/s1. The van der Waals surface area contributed by atoms with Crippen LogP contribution >= 0.6 is 0 Å². The molecule has 1 aliphatic rings. The fourth-order valence-corrected chi connectivity index (χ4v) is 2.28. The summed E-state index contributed by atoms with van der Waals surface area (Å²) in [6, 6.07) is -1.26. The SMILES string of the molecule is CC(C)(C)[C@@H](NC(=O)NCC1CCCC1)C(=O)O. The van der Waals surface area contributed by atoms with Gasteiger partial charge in [-0.15, -0.1) is 0 Å². The van der Waals surface area contributed by atoms with Gasteiger partial charge in [-0.05, 0) is 24.2 Å². The maximum absolute atomic E-state index is 11.7. The fraction of sp³-hybridized carbons (Fsp3) is 0.846. The lowest BCUT2D eigenvalue weighted by Gasteiger charge is -2.28. The van der Waals surface area contributed by atoms with E-state index in [0.29, 0.717) is 12.5 Å². The average Bonchev–Trinajstić information content (AvgIpc) is 2.73. The Bertz CT molecular complexity index is 304. The first-order chi connectivity index (χ1) is 8.30. The van der Waals surface area contributed by atoms with Gasteiger partial charge < -0.3 is 15.7 Å². The summed E-state index contributed by atoms with van der Waals surface area (Å²) in [4.78, 5) is 22.8. The van der Waals surface area contributed by atoms with Crippen molar-refractivity contribution in [2.24, 2.45) is 11.3 Å². The number of amides is 2. The minimum absolute atomic E-state index is 0.385. The van der Waals surface area contributed by atoms with Crippen LogP contribution in [0.1, 0.15) is 46.5 Å². The van der Waals surface area contributed by atoms with Crippen molar-refractivity contribution in [1.82, 2.24) is 10.6 Å². The summed E-state index contributed by atoms with van der Waals surface area (Å²) in [6.45, 7) is 6.03. The number of carbonyl (C=O) groups is 2. The van der Waals surface area contributed by atoms with E-state index in [1.807, 2.05) is 0 Å². The molecule has 18 heavy (non-hydrogen) atoms. The zero-order chi connectivity index (χ0) is 13.8. The van der Waals surface area contributed by atoms with E-state index in [1.54, 1.807) is 20.8 Å². The van der Waals surface area contributed by atoms with E-state index in [0.717, 1.165) is 12.8 Å². The Morgan fingerprint density at radius 1 is 1.28 bits per heavy atom. The van der Waals surface area contributed by atoms with Crippen molar-refractivity contribution in [2.45, 2.75) is 52.5 Å². The molecule has 0 saturated heterocycles. The molecule has 0 unspecified atom stereocenters. The molecule has 0 bridgehead atoms. The van der Waals surface area contributed by atoms with Gasteiger partial charge >= 0.3 is 12.0 Å². The van der Waals surface area contributed by atoms with Crippen LogP contribution in [-0.4, -0.2) is 29.7 Å². The van der Waals surface area contributed by atoms with E-state index in [9.17, 15) is 9.59 Å². The fourth-order valence-electron chi connectivity index (χ4n) is 2.28. The van der Waals surface area contributed by atoms with Gasteiger partial charge in [-0.1, -0.05) is 33.6 Å². The van der Waals surface area contributed by atoms with Crippen LogP contribution in [0.25, 0.3) is 0 Å². The molecule has 0 spiro atoms. The highest BCUT2D eigenvalue weighted by molar-refractivity contribution is 5.83. The topological polar surface area (TPSA) is 78.4 Å². The Labute approximate surface area is 108 Å². The van der Waals surface area contributed by atoms with Crippen LogP contribution in [0.15, 0.2) is 0 Å². The van der Waals surface area contributed by atoms with Crippen LogP contribution in [0.4, 0.5) is 4.79 Å². The minimum Gasteiger partial charge on any atom is -0.480 e. The molecular weight excluding hydrogens is 232 g/mol. The number of hydrogen-bond acceptors (Lipinski definition) is 2. The van der Waals surface area contributed by atoms with Crippen LogP contribution < -0.4 is 10.6 Å². The van der Waals surface area contributed by atoms with E-state index in [-0.39, 0.29) is 6.03 Å². The van der Waals surface area contributed by atoms with Gasteiger partial charge in [0.05, 0.1) is 0 Å². The molecule has 1 fully saturated rings. The molecule has 5 heteroatoms. The number of carbonyl (C=O) groups excluding carboxylic acids is 1. The molecule has 0 aromatic rings. The Kier molecular flexibility index (Phi) is 4.99. The number of rotatable bonds is 4. The van der Waals surface area contributed by atoms with E-state index in [4.69, 9.17) is 5.11 Å². The first-order valence-corrected chi connectivity index (χ1v) is 6.58. The monoisotopic (exact) mass is 256 g/mol. The number of urea groups is 1. The zero-order valence-electron chi connectivity index (χ0n) is 11.5. The van der Waals surface area contributed by atoms with Crippen molar-refractivity contribution in [2.75, 3.05) is 6.54 Å². The molecule has 1 atom stereocenters. The van der Waals surface area contributed by atoms with Crippen LogP contribution in [0.5, 0.6) is 0 Å². The molecule has 0 radical (unpaired) electrons. The molecule has 1 rings (SSSR count). The van der Waals surface area contributed by atoms with Crippen LogP contribution in [-0.2, 0) is 4.79 Å². The maximum atomic E-state index is 11.7. The normalized spacial score (nSPS) is 18.4. The molecule has 0 heterocycles. The van der Waals surface area contributed by atoms with E-state index < -0.39 is 17.4 Å².